The van der Waals surface area contributed by atoms with Gasteiger partial charge in [-0.25, -0.2) is 4.39 Å². The van der Waals surface area contributed by atoms with Crippen molar-refractivity contribution >= 4 is 31.9 Å². The first-order valence-corrected chi connectivity index (χ1v) is 9.24. The van der Waals surface area contributed by atoms with Gasteiger partial charge in [-0.2, -0.15) is 13.2 Å². The van der Waals surface area contributed by atoms with Crippen molar-refractivity contribution in [2.75, 3.05) is 0 Å². The van der Waals surface area contributed by atoms with Gasteiger partial charge in [-0.3, -0.25) is 0 Å². The van der Waals surface area contributed by atoms with E-state index in [9.17, 15) is 22.7 Å². The molecular formula is C18H14Br2F4O2. The van der Waals surface area contributed by atoms with Crippen LogP contribution in [0.4, 0.5) is 17.6 Å². The van der Waals surface area contributed by atoms with Gasteiger partial charge in [0.2, 0.25) is 0 Å². The molecule has 2 nitrogen and oxygen atoms in total. The molecule has 1 aliphatic heterocycles. The summed E-state index contributed by atoms with van der Waals surface area (Å²) in [6.45, 7) is 1.42. The Labute approximate surface area is 164 Å². The standard InChI is InChI=1S/C18H14Br2F4O2/c1-16(14-7-13(21)2-3-15(14)26-16)9-17(25,18(22,23)24)8-10-4-11(19)6-12(20)5-10/h2-7,25H,8-9H2,1H3. The van der Waals surface area contributed by atoms with Crippen LogP contribution in [0.15, 0.2) is 45.3 Å². The van der Waals surface area contributed by atoms with E-state index in [4.69, 9.17) is 4.74 Å². The molecule has 0 saturated carbocycles. The molecule has 1 aliphatic rings. The molecule has 0 aliphatic carbocycles. The Hall–Kier alpha value is -1.12. The van der Waals surface area contributed by atoms with E-state index in [0.29, 0.717) is 25.8 Å². The molecule has 0 saturated heterocycles. The fraction of sp³-hybridized carbons (Fsp3) is 0.333. The molecule has 140 valence electrons. The lowest BCUT2D eigenvalue weighted by Gasteiger charge is -2.46. The molecule has 0 spiro atoms. The number of benzene rings is 2. The molecule has 0 aromatic heterocycles. The van der Waals surface area contributed by atoms with Crippen molar-refractivity contribution in [1.29, 1.82) is 0 Å². The van der Waals surface area contributed by atoms with Crippen LogP contribution in [0, 0.1) is 5.82 Å². The maximum Gasteiger partial charge on any atom is 0.417 e. The third-order valence-corrected chi connectivity index (χ3v) is 5.34. The smallest absolute Gasteiger partial charge is 0.417 e. The Kier molecular flexibility index (Phi) is 4.90. The number of rotatable bonds is 4. The maximum atomic E-state index is 13.7. The summed E-state index contributed by atoms with van der Waals surface area (Å²) in [5, 5.41) is 10.5. The molecule has 0 fully saturated rings. The Morgan fingerprint density at radius 3 is 2.27 bits per heavy atom. The largest absolute Gasteiger partial charge is 0.482 e. The Balaban J connectivity index is 1.94. The number of alkyl halides is 3. The van der Waals surface area contributed by atoms with Crippen molar-refractivity contribution in [1.82, 2.24) is 0 Å². The van der Waals surface area contributed by atoms with Crippen molar-refractivity contribution in [3.05, 3.63) is 62.3 Å². The van der Waals surface area contributed by atoms with E-state index in [0.717, 1.165) is 6.07 Å². The third kappa shape index (κ3) is 3.64. The first-order valence-electron chi connectivity index (χ1n) is 7.65. The predicted octanol–water partition coefficient (Wildman–Crippen LogP) is 5.88. The number of halogens is 6. The van der Waals surface area contributed by atoms with Gasteiger partial charge >= 0.3 is 6.18 Å². The summed E-state index contributed by atoms with van der Waals surface area (Å²) < 4.78 is 61.3. The van der Waals surface area contributed by atoms with Crippen LogP contribution in [0.3, 0.4) is 0 Å². The molecule has 2 aromatic rings. The van der Waals surface area contributed by atoms with Gasteiger partial charge in [0, 0.05) is 27.4 Å². The van der Waals surface area contributed by atoms with Gasteiger partial charge in [0.05, 0.1) is 0 Å². The maximum absolute atomic E-state index is 13.7. The van der Waals surface area contributed by atoms with Gasteiger partial charge in [0.25, 0.3) is 0 Å². The predicted molar refractivity (Wildman–Crippen MR) is 95.5 cm³/mol. The van der Waals surface area contributed by atoms with Crippen LogP contribution >= 0.6 is 31.9 Å². The highest BCUT2D eigenvalue weighted by Crippen LogP contribution is 2.51. The quantitative estimate of drug-likeness (QED) is 0.534. The third-order valence-electron chi connectivity index (χ3n) is 4.42. The minimum absolute atomic E-state index is 0.300. The van der Waals surface area contributed by atoms with E-state index in [-0.39, 0.29) is 0 Å². The second kappa shape index (κ2) is 6.49. The zero-order valence-electron chi connectivity index (χ0n) is 13.5. The summed E-state index contributed by atoms with van der Waals surface area (Å²) >= 11 is 6.45. The minimum Gasteiger partial charge on any atom is -0.482 e. The number of ether oxygens (including phenoxy) is 1. The average Bonchev–Trinajstić information content (AvgIpc) is 2.46. The van der Waals surface area contributed by atoms with Gasteiger partial charge in [0.1, 0.15) is 17.2 Å². The van der Waals surface area contributed by atoms with Gasteiger partial charge in [-0.15, -0.1) is 0 Å². The molecule has 2 unspecified atom stereocenters. The van der Waals surface area contributed by atoms with E-state index < -0.39 is 36.0 Å². The molecule has 0 amide bonds. The Morgan fingerprint density at radius 1 is 1.08 bits per heavy atom. The molecule has 2 atom stereocenters. The van der Waals surface area contributed by atoms with E-state index in [1.165, 1.54) is 31.2 Å². The minimum atomic E-state index is -4.89. The zero-order chi connectivity index (χ0) is 19.3. The van der Waals surface area contributed by atoms with Crippen LogP contribution < -0.4 is 4.74 Å². The van der Waals surface area contributed by atoms with Crippen molar-refractivity contribution < 1.29 is 27.4 Å². The summed E-state index contributed by atoms with van der Waals surface area (Å²) in [5.41, 5.74) is -3.85. The van der Waals surface area contributed by atoms with Crippen LogP contribution in [0.25, 0.3) is 0 Å². The normalized spacial score (nSPS) is 21.4. The van der Waals surface area contributed by atoms with Crippen LogP contribution in [-0.4, -0.2) is 16.9 Å². The molecule has 1 N–H and O–H groups in total. The highest BCUT2D eigenvalue weighted by atomic mass is 79.9. The lowest BCUT2D eigenvalue weighted by atomic mass is 9.76. The van der Waals surface area contributed by atoms with Gasteiger partial charge in [-0.05, 0) is 48.9 Å². The van der Waals surface area contributed by atoms with E-state index in [2.05, 4.69) is 31.9 Å². The number of hydrogen-bond donors (Lipinski definition) is 1. The lowest BCUT2D eigenvalue weighted by molar-refractivity contribution is -0.275. The fourth-order valence-corrected chi connectivity index (χ4v) is 4.65. The molecule has 0 bridgehead atoms. The second-order valence-corrected chi connectivity index (χ2v) is 8.47. The van der Waals surface area contributed by atoms with Crippen LogP contribution in [0.2, 0.25) is 0 Å². The van der Waals surface area contributed by atoms with Crippen molar-refractivity contribution in [3.8, 4) is 5.75 Å². The van der Waals surface area contributed by atoms with E-state index in [1.807, 2.05) is 0 Å². The summed E-state index contributed by atoms with van der Waals surface area (Å²) in [7, 11) is 0. The molecule has 26 heavy (non-hydrogen) atoms. The van der Waals surface area contributed by atoms with Gasteiger partial charge in [0.15, 0.2) is 5.60 Å². The van der Waals surface area contributed by atoms with Gasteiger partial charge in [-0.1, -0.05) is 31.9 Å². The molecule has 3 rings (SSSR count). The van der Waals surface area contributed by atoms with Crippen molar-refractivity contribution in [3.63, 3.8) is 0 Å². The van der Waals surface area contributed by atoms with Crippen LogP contribution in [0.5, 0.6) is 5.75 Å². The topological polar surface area (TPSA) is 29.5 Å². The van der Waals surface area contributed by atoms with Crippen LogP contribution in [0.1, 0.15) is 24.5 Å². The fourth-order valence-electron chi connectivity index (χ4n) is 3.26. The first-order chi connectivity index (χ1) is 11.9. The lowest BCUT2D eigenvalue weighted by Crippen LogP contribution is -2.54. The summed E-state index contributed by atoms with van der Waals surface area (Å²) in [6.07, 6.45) is -6.29. The highest BCUT2D eigenvalue weighted by Gasteiger charge is 2.59. The van der Waals surface area contributed by atoms with E-state index in [1.54, 1.807) is 6.07 Å². The molecule has 0 radical (unpaired) electrons. The number of fused-ring (bicyclic) bond motifs is 1. The molecule has 2 aromatic carbocycles. The summed E-state index contributed by atoms with van der Waals surface area (Å²) in [5.74, 6) is -0.242. The summed E-state index contributed by atoms with van der Waals surface area (Å²) in [4.78, 5) is 0. The zero-order valence-corrected chi connectivity index (χ0v) is 16.7. The van der Waals surface area contributed by atoms with Gasteiger partial charge < -0.3 is 9.84 Å². The first kappa shape index (κ1) is 19.6. The Bertz CT molecular complexity index is 835. The Morgan fingerprint density at radius 2 is 1.69 bits per heavy atom. The number of aliphatic hydroxyl groups is 1. The molecular weight excluding hydrogens is 484 g/mol. The molecule has 1 heterocycles. The molecule has 8 heteroatoms. The summed E-state index contributed by atoms with van der Waals surface area (Å²) in [6, 6.07) is 8.40. The van der Waals surface area contributed by atoms with E-state index >= 15 is 0 Å². The average molecular weight is 498 g/mol. The second-order valence-electron chi connectivity index (χ2n) is 6.63. The van der Waals surface area contributed by atoms with Crippen LogP contribution in [-0.2, 0) is 12.0 Å². The van der Waals surface area contributed by atoms with Crippen molar-refractivity contribution in [2.45, 2.75) is 37.1 Å². The monoisotopic (exact) mass is 496 g/mol. The SMILES string of the molecule is CC1(CC(O)(Cc2cc(Br)cc(Br)c2)C(F)(F)F)Oc2ccc(F)cc21. The van der Waals surface area contributed by atoms with Crippen molar-refractivity contribution in [2.24, 2.45) is 0 Å². The highest BCUT2D eigenvalue weighted by molar-refractivity contribution is 9.11. The number of hydrogen-bond acceptors (Lipinski definition) is 2.